The highest BCUT2D eigenvalue weighted by Gasteiger charge is 2.10. The third-order valence-corrected chi connectivity index (χ3v) is 3.62. The summed E-state index contributed by atoms with van der Waals surface area (Å²) in [5.74, 6) is 1.08. The SMILES string of the molecule is COc1c(C)cnc(COc2ccc(F)c(Br)c2)c1C. The molecule has 0 aliphatic rings. The lowest BCUT2D eigenvalue weighted by Crippen LogP contribution is -2.04. The number of aryl methyl sites for hydroxylation is 1. The summed E-state index contributed by atoms with van der Waals surface area (Å²) in [7, 11) is 1.64. The Morgan fingerprint density at radius 3 is 2.70 bits per heavy atom. The van der Waals surface area contributed by atoms with Crippen LogP contribution < -0.4 is 9.47 Å². The average Bonchev–Trinajstić information content (AvgIpc) is 2.42. The number of rotatable bonds is 4. The van der Waals surface area contributed by atoms with Crippen LogP contribution in [0.3, 0.4) is 0 Å². The molecule has 0 spiro atoms. The first-order chi connectivity index (χ1) is 9.52. The standard InChI is InChI=1S/C15H15BrFNO2/c1-9-7-18-14(10(2)15(9)19-3)8-20-11-4-5-13(17)12(16)6-11/h4-7H,8H2,1-3H3. The van der Waals surface area contributed by atoms with Crippen LogP contribution in [0.4, 0.5) is 4.39 Å². The molecule has 0 atom stereocenters. The van der Waals surface area contributed by atoms with Crippen molar-refractivity contribution in [3.05, 3.63) is 51.5 Å². The summed E-state index contributed by atoms with van der Waals surface area (Å²) >= 11 is 3.13. The molecule has 0 fully saturated rings. The zero-order chi connectivity index (χ0) is 14.7. The Hall–Kier alpha value is -1.62. The third kappa shape index (κ3) is 3.10. The van der Waals surface area contributed by atoms with Crippen LogP contribution in [0.1, 0.15) is 16.8 Å². The fourth-order valence-corrected chi connectivity index (χ4v) is 2.29. The summed E-state index contributed by atoms with van der Waals surface area (Å²) in [6.45, 7) is 4.19. The second kappa shape index (κ2) is 6.22. The van der Waals surface area contributed by atoms with E-state index in [0.29, 0.717) is 16.8 Å². The Balaban J connectivity index is 2.16. The van der Waals surface area contributed by atoms with Gasteiger partial charge < -0.3 is 9.47 Å². The zero-order valence-corrected chi connectivity index (χ0v) is 13.1. The highest BCUT2D eigenvalue weighted by Crippen LogP contribution is 2.26. The van der Waals surface area contributed by atoms with E-state index >= 15 is 0 Å². The van der Waals surface area contributed by atoms with Crippen molar-refractivity contribution < 1.29 is 13.9 Å². The number of halogens is 2. The normalized spacial score (nSPS) is 10.4. The Bertz CT molecular complexity index is 632. The van der Waals surface area contributed by atoms with Gasteiger partial charge in [0.05, 0.1) is 17.3 Å². The third-order valence-electron chi connectivity index (χ3n) is 3.02. The fraction of sp³-hybridized carbons (Fsp3) is 0.267. The molecule has 0 saturated heterocycles. The van der Waals surface area contributed by atoms with Crippen molar-refractivity contribution in [3.63, 3.8) is 0 Å². The fourth-order valence-electron chi connectivity index (χ4n) is 1.93. The summed E-state index contributed by atoms with van der Waals surface area (Å²) in [5.41, 5.74) is 2.74. The molecular formula is C15H15BrFNO2. The van der Waals surface area contributed by atoms with Crippen LogP contribution in [0.2, 0.25) is 0 Å². The van der Waals surface area contributed by atoms with Gasteiger partial charge in [-0.3, -0.25) is 4.98 Å². The number of hydrogen-bond acceptors (Lipinski definition) is 3. The second-order valence-electron chi connectivity index (χ2n) is 4.41. The van der Waals surface area contributed by atoms with E-state index in [2.05, 4.69) is 20.9 Å². The van der Waals surface area contributed by atoms with Crippen molar-refractivity contribution in [2.24, 2.45) is 0 Å². The van der Waals surface area contributed by atoms with Crippen LogP contribution in [0.5, 0.6) is 11.5 Å². The number of pyridine rings is 1. The van der Waals surface area contributed by atoms with E-state index in [1.54, 1.807) is 25.4 Å². The topological polar surface area (TPSA) is 31.4 Å². The van der Waals surface area contributed by atoms with Gasteiger partial charge in [-0.25, -0.2) is 4.39 Å². The molecule has 0 N–H and O–H groups in total. The highest BCUT2D eigenvalue weighted by atomic mass is 79.9. The van der Waals surface area contributed by atoms with Crippen molar-refractivity contribution >= 4 is 15.9 Å². The molecule has 1 heterocycles. The maximum absolute atomic E-state index is 13.1. The molecule has 0 bridgehead atoms. The van der Waals surface area contributed by atoms with Gasteiger partial charge in [-0.1, -0.05) is 0 Å². The van der Waals surface area contributed by atoms with Gasteiger partial charge in [0, 0.05) is 17.3 Å². The van der Waals surface area contributed by atoms with Gasteiger partial charge in [-0.2, -0.15) is 0 Å². The van der Waals surface area contributed by atoms with Crippen molar-refractivity contribution in [2.45, 2.75) is 20.5 Å². The Kier molecular flexibility index (Phi) is 4.60. The van der Waals surface area contributed by atoms with Gasteiger partial charge >= 0.3 is 0 Å². The first kappa shape index (κ1) is 14.8. The van der Waals surface area contributed by atoms with Gasteiger partial charge in [0.2, 0.25) is 0 Å². The van der Waals surface area contributed by atoms with Gasteiger partial charge in [0.15, 0.2) is 0 Å². The maximum atomic E-state index is 13.1. The minimum absolute atomic E-state index is 0.306. The van der Waals surface area contributed by atoms with E-state index in [0.717, 1.165) is 22.6 Å². The van der Waals surface area contributed by atoms with Crippen molar-refractivity contribution in [2.75, 3.05) is 7.11 Å². The zero-order valence-electron chi connectivity index (χ0n) is 11.5. The van der Waals surface area contributed by atoms with Crippen LogP contribution in [0.25, 0.3) is 0 Å². The van der Waals surface area contributed by atoms with Crippen LogP contribution in [0, 0.1) is 19.7 Å². The molecule has 5 heteroatoms. The molecule has 3 nitrogen and oxygen atoms in total. The lowest BCUT2D eigenvalue weighted by atomic mass is 10.1. The Morgan fingerprint density at radius 1 is 1.30 bits per heavy atom. The van der Waals surface area contributed by atoms with Crippen molar-refractivity contribution in [1.82, 2.24) is 4.98 Å². The van der Waals surface area contributed by atoms with Crippen LogP contribution >= 0.6 is 15.9 Å². The summed E-state index contributed by atoms with van der Waals surface area (Å²) in [6, 6.07) is 4.53. The molecule has 1 aromatic carbocycles. The summed E-state index contributed by atoms with van der Waals surface area (Å²) in [5, 5.41) is 0. The number of benzene rings is 1. The first-order valence-corrected chi connectivity index (χ1v) is 6.89. The van der Waals surface area contributed by atoms with Crippen molar-refractivity contribution in [1.29, 1.82) is 0 Å². The van der Waals surface area contributed by atoms with Crippen LogP contribution in [0.15, 0.2) is 28.9 Å². The lowest BCUT2D eigenvalue weighted by Gasteiger charge is -2.13. The predicted molar refractivity (Wildman–Crippen MR) is 78.7 cm³/mol. The quantitative estimate of drug-likeness (QED) is 0.836. The molecule has 0 unspecified atom stereocenters. The number of nitrogens with zero attached hydrogens (tertiary/aromatic N) is 1. The minimum atomic E-state index is -0.316. The Morgan fingerprint density at radius 2 is 2.05 bits per heavy atom. The maximum Gasteiger partial charge on any atom is 0.137 e. The predicted octanol–water partition coefficient (Wildman–Crippen LogP) is 4.19. The van der Waals surface area contributed by atoms with E-state index in [4.69, 9.17) is 9.47 Å². The largest absolute Gasteiger partial charge is 0.496 e. The molecule has 20 heavy (non-hydrogen) atoms. The van der Waals surface area contributed by atoms with Gasteiger partial charge in [-0.15, -0.1) is 0 Å². The summed E-state index contributed by atoms with van der Waals surface area (Å²) in [6.07, 6.45) is 1.76. The number of hydrogen-bond donors (Lipinski definition) is 0. The lowest BCUT2D eigenvalue weighted by molar-refractivity contribution is 0.298. The molecule has 0 saturated carbocycles. The molecule has 2 aromatic rings. The molecule has 0 amide bonds. The molecular weight excluding hydrogens is 325 g/mol. The summed E-state index contributed by atoms with van der Waals surface area (Å²) < 4.78 is 24.5. The van der Waals surface area contributed by atoms with E-state index in [-0.39, 0.29) is 5.82 Å². The first-order valence-electron chi connectivity index (χ1n) is 6.10. The van der Waals surface area contributed by atoms with Gasteiger partial charge in [0.1, 0.15) is 23.9 Å². The van der Waals surface area contributed by atoms with E-state index in [9.17, 15) is 4.39 Å². The van der Waals surface area contributed by atoms with Gasteiger partial charge in [-0.05, 0) is 48.0 Å². The molecule has 0 aliphatic heterocycles. The second-order valence-corrected chi connectivity index (χ2v) is 5.27. The smallest absolute Gasteiger partial charge is 0.137 e. The summed E-state index contributed by atoms with van der Waals surface area (Å²) in [4.78, 5) is 4.35. The van der Waals surface area contributed by atoms with Crippen molar-refractivity contribution in [3.8, 4) is 11.5 Å². The monoisotopic (exact) mass is 339 g/mol. The molecule has 1 aromatic heterocycles. The van der Waals surface area contributed by atoms with E-state index < -0.39 is 0 Å². The number of ether oxygens (including phenoxy) is 2. The molecule has 2 rings (SSSR count). The highest BCUT2D eigenvalue weighted by molar-refractivity contribution is 9.10. The molecule has 106 valence electrons. The van der Waals surface area contributed by atoms with Crippen LogP contribution in [-0.4, -0.2) is 12.1 Å². The number of methoxy groups -OCH3 is 1. The van der Waals surface area contributed by atoms with E-state index in [1.165, 1.54) is 6.07 Å². The number of aromatic nitrogens is 1. The van der Waals surface area contributed by atoms with Gasteiger partial charge in [0.25, 0.3) is 0 Å². The molecule has 0 aliphatic carbocycles. The van der Waals surface area contributed by atoms with E-state index in [1.807, 2.05) is 13.8 Å². The minimum Gasteiger partial charge on any atom is -0.496 e. The Labute approximate surface area is 125 Å². The van der Waals surface area contributed by atoms with Crippen LogP contribution in [-0.2, 0) is 6.61 Å². The average molecular weight is 340 g/mol. The molecule has 0 radical (unpaired) electrons.